The van der Waals surface area contributed by atoms with Crippen molar-refractivity contribution in [2.24, 2.45) is 0 Å². The Bertz CT molecular complexity index is 2290. The summed E-state index contributed by atoms with van der Waals surface area (Å²) < 4.78 is 11.6. The maximum absolute atomic E-state index is 13.1. The first-order valence-electron chi connectivity index (χ1n) is 14.9. The number of anilines is 1. The summed E-state index contributed by atoms with van der Waals surface area (Å²) in [5.41, 5.74) is 7.32. The van der Waals surface area contributed by atoms with E-state index in [4.69, 9.17) is 8.83 Å². The van der Waals surface area contributed by atoms with E-state index in [9.17, 15) is 9.59 Å². The highest BCUT2D eigenvalue weighted by Crippen LogP contribution is 2.31. The van der Waals surface area contributed by atoms with E-state index in [1.165, 1.54) is 0 Å². The summed E-state index contributed by atoms with van der Waals surface area (Å²) in [7, 11) is 0. The van der Waals surface area contributed by atoms with Crippen molar-refractivity contribution >= 4 is 38.4 Å². The summed E-state index contributed by atoms with van der Waals surface area (Å²) in [5.74, 6) is 0. The molecule has 0 atom stereocenters. The first-order chi connectivity index (χ1) is 21.4. The van der Waals surface area contributed by atoms with E-state index in [0.717, 1.165) is 68.1 Å². The molecule has 0 bridgehead atoms. The molecule has 5 heteroatoms. The summed E-state index contributed by atoms with van der Waals surface area (Å²) >= 11 is 0. The predicted octanol–water partition coefficient (Wildman–Crippen LogP) is 9.21. The van der Waals surface area contributed by atoms with Gasteiger partial charge < -0.3 is 13.7 Å². The zero-order chi connectivity index (χ0) is 30.4. The van der Waals surface area contributed by atoms with Crippen LogP contribution in [0.3, 0.4) is 0 Å². The smallest absolute Gasteiger partial charge is 0.344 e. The van der Waals surface area contributed by atoms with Crippen molar-refractivity contribution in [2.75, 3.05) is 18.0 Å². The van der Waals surface area contributed by atoms with Crippen LogP contribution in [-0.4, -0.2) is 13.1 Å². The predicted molar refractivity (Wildman–Crippen MR) is 181 cm³/mol. The zero-order valence-electron chi connectivity index (χ0n) is 24.9. The molecule has 0 unspecified atom stereocenters. The van der Waals surface area contributed by atoms with Crippen LogP contribution in [0.1, 0.15) is 19.4 Å². The van der Waals surface area contributed by atoms with Crippen LogP contribution in [0, 0.1) is 6.92 Å². The van der Waals surface area contributed by atoms with E-state index in [0.29, 0.717) is 22.3 Å². The Labute approximate surface area is 254 Å². The molecule has 44 heavy (non-hydrogen) atoms. The van der Waals surface area contributed by atoms with Crippen LogP contribution in [0.25, 0.3) is 66.1 Å². The van der Waals surface area contributed by atoms with E-state index >= 15 is 0 Å². The van der Waals surface area contributed by atoms with Crippen molar-refractivity contribution in [2.45, 2.75) is 20.8 Å². The van der Waals surface area contributed by atoms with Crippen molar-refractivity contribution in [3.8, 4) is 33.4 Å². The van der Waals surface area contributed by atoms with Gasteiger partial charge in [0.2, 0.25) is 0 Å². The Morgan fingerprint density at radius 2 is 1.14 bits per heavy atom. The standard InChI is InChI=1S/C39H31NO4/c1-4-40(5-2)31-19-17-29-21-34(38(41)43-36(29)23-31)27-13-9-25(10-14-27)26-11-15-28(16-12-26)35-22-30-18-20-32-24(3)7-6-8-33(32)37(30)44-39(35)42/h6-23H,4-5H2,1-3H3. The second-order valence-electron chi connectivity index (χ2n) is 11.1. The van der Waals surface area contributed by atoms with Gasteiger partial charge in [-0.1, -0.05) is 78.9 Å². The molecule has 7 rings (SSSR count). The number of rotatable bonds is 6. The molecule has 216 valence electrons. The lowest BCUT2D eigenvalue weighted by Gasteiger charge is -2.21. The minimum atomic E-state index is -0.359. The van der Waals surface area contributed by atoms with E-state index in [1.54, 1.807) is 0 Å². The number of benzene rings is 5. The molecule has 0 spiro atoms. The maximum Gasteiger partial charge on any atom is 0.344 e. The first-order valence-corrected chi connectivity index (χ1v) is 14.9. The zero-order valence-corrected chi connectivity index (χ0v) is 24.9. The molecule has 0 fully saturated rings. The number of aryl methyl sites for hydroxylation is 1. The summed E-state index contributed by atoms with van der Waals surface area (Å²) in [4.78, 5) is 28.2. The molecule has 5 aromatic carbocycles. The molecule has 0 saturated carbocycles. The average molecular weight is 578 g/mol. The van der Waals surface area contributed by atoms with E-state index in [-0.39, 0.29) is 11.3 Å². The van der Waals surface area contributed by atoms with Gasteiger partial charge >= 0.3 is 11.3 Å². The Balaban J connectivity index is 1.17. The van der Waals surface area contributed by atoms with Gasteiger partial charge in [-0.05, 0) is 78.2 Å². The van der Waals surface area contributed by atoms with Crippen LogP contribution in [0.2, 0.25) is 0 Å². The van der Waals surface area contributed by atoms with E-state index in [2.05, 4.69) is 43.9 Å². The first kappa shape index (κ1) is 27.4. The summed E-state index contributed by atoms with van der Waals surface area (Å²) in [5, 5.41) is 3.80. The normalized spacial score (nSPS) is 11.4. The third kappa shape index (κ3) is 4.77. The molecule has 0 amide bonds. The van der Waals surface area contributed by atoms with Crippen molar-refractivity contribution in [1.82, 2.24) is 0 Å². The molecular weight excluding hydrogens is 546 g/mol. The Morgan fingerprint density at radius 3 is 1.77 bits per heavy atom. The monoisotopic (exact) mass is 577 g/mol. The molecule has 0 aliphatic heterocycles. The Morgan fingerprint density at radius 1 is 0.568 bits per heavy atom. The summed E-state index contributed by atoms with van der Waals surface area (Å²) in [6.07, 6.45) is 0. The number of nitrogens with zero attached hydrogens (tertiary/aromatic N) is 1. The molecule has 2 heterocycles. The highest BCUT2D eigenvalue weighted by molar-refractivity contribution is 6.05. The van der Waals surface area contributed by atoms with E-state index in [1.807, 2.05) is 91.0 Å². The minimum Gasteiger partial charge on any atom is -0.422 e. The van der Waals surface area contributed by atoms with Crippen LogP contribution in [-0.2, 0) is 0 Å². The highest BCUT2D eigenvalue weighted by Gasteiger charge is 2.13. The van der Waals surface area contributed by atoms with Crippen LogP contribution < -0.4 is 16.2 Å². The number of hydrogen-bond acceptors (Lipinski definition) is 5. The lowest BCUT2D eigenvalue weighted by Crippen LogP contribution is -2.21. The average Bonchev–Trinajstić information content (AvgIpc) is 3.05. The van der Waals surface area contributed by atoms with Crippen molar-refractivity contribution in [3.63, 3.8) is 0 Å². The summed E-state index contributed by atoms with van der Waals surface area (Å²) in [6.45, 7) is 8.04. The van der Waals surface area contributed by atoms with Gasteiger partial charge in [-0.15, -0.1) is 0 Å². The topological polar surface area (TPSA) is 63.7 Å². The van der Waals surface area contributed by atoms with Gasteiger partial charge in [0.15, 0.2) is 0 Å². The van der Waals surface area contributed by atoms with Crippen LogP contribution >= 0.6 is 0 Å². The maximum atomic E-state index is 13.1. The SMILES string of the molecule is CCN(CC)c1ccc2cc(-c3ccc(-c4ccc(-c5cc6ccc7c(C)cccc7c6oc5=O)cc4)cc3)c(=O)oc2c1. The van der Waals surface area contributed by atoms with Gasteiger partial charge in [0, 0.05) is 41.0 Å². The Hall–Kier alpha value is -5.42. The fourth-order valence-electron chi connectivity index (χ4n) is 6.07. The van der Waals surface area contributed by atoms with Crippen LogP contribution in [0.5, 0.6) is 0 Å². The van der Waals surface area contributed by atoms with Gasteiger partial charge in [-0.2, -0.15) is 0 Å². The number of hydrogen-bond donors (Lipinski definition) is 0. The molecule has 5 nitrogen and oxygen atoms in total. The van der Waals surface area contributed by atoms with Gasteiger partial charge in [-0.25, -0.2) is 9.59 Å². The highest BCUT2D eigenvalue weighted by atomic mass is 16.4. The molecule has 0 aliphatic carbocycles. The molecule has 0 saturated heterocycles. The van der Waals surface area contributed by atoms with Gasteiger partial charge in [0.25, 0.3) is 0 Å². The second-order valence-corrected chi connectivity index (χ2v) is 11.1. The van der Waals surface area contributed by atoms with Crippen molar-refractivity contribution < 1.29 is 8.83 Å². The van der Waals surface area contributed by atoms with Gasteiger partial charge in [0.1, 0.15) is 11.2 Å². The lowest BCUT2D eigenvalue weighted by atomic mass is 9.98. The minimum absolute atomic E-state index is 0.358. The summed E-state index contributed by atoms with van der Waals surface area (Å²) in [6, 6.07) is 35.7. The molecule has 0 radical (unpaired) electrons. The molecule has 2 aromatic heterocycles. The fraction of sp³-hybridized carbons (Fsp3) is 0.128. The fourth-order valence-corrected chi connectivity index (χ4v) is 6.07. The van der Waals surface area contributed by atoms with Gasteiger partial charge in [-0.3, -0.25) is 0 Å². The third-order valence-corrected chi connectivity index (χ3v) is 8.55. The Kier molecular flexibility index (Phi) is 6.86. The van der Waals surface area contributed by atoms with Crippen molar-refractivity contribution in [1.29, 1.82) is 0 Å². The molecule has 0 aliphatic rings. The van der Waals surface area contributed by atoms with E-state index < -0.39 is 0 Å². The molecule has 0 N–H and O–H groups in total. The van der Waals surface area contributed by atoms with Gasteiger partial charge in [0.05, 0.1) is 11.1 Å². The lowest BCUT2D eigenvalue weighted by molar-refractivity contribution is 0.563. The second kappa shape index (κ2) is 11.0. The largest absolute Gasteiger partial charge is 0.422 e. The van der Waals surface area contributed by atoms with Crippen molar-refractivity contribution in [3.05, 3.63) is 136 Å². The molecular formula is C39H31NO4. The van der Waals surface area contributed by atoms with Crippen LogP contribution in [0.15, 0.2) is 128 Å². The van der Waals surface area contributed by atoms with Crippen LogP contribution in [0.4, 0.5) is 5.69 Å². The molecule has 7 aromatic rings. The quantitative estimate of drug-likeness (QED) is 0.146. The number of fused-ring (bicyclic) bond motifs is 4. The third-order valence-electron chi connectivity index (χ3n) is 8.55.